The topological polar surface area (TPSA) is 23.6 Å². The molecule has 3 aromatic carbocycles. The van der Waals surface area contributed by atoms with Crippen LogP contribution in [0.5, 0.6) is 0 Å². The van der Waals surface area contributed by atoms with Crippen molar-refractivity contribution in [2.75, 3.05) is 24.5 Å². The smallest absolute Gasteiger partial charge is 0.234 e. The van der Waals surface area contributed by atoms with Gasteiger partial charge in [0.2, 0.25) is 5.91 Å². The van der Waals surface area contributed by atoms with Gasteiger partial charge in [-0.1, -0.05) is 78.9 Å². The van der Waals surface area contributed by atoms with Crippen LogP contribution in [0.15, 0.2) is 91.0 Å². The van der Waals surface area contributed by atoms with E-state index >= 15 is 0 Å². The molecule has 0 aromatic heterocycles. The minimum Gasteiger partial charge on any atom is -0.365 e. The molecule has 1 aliphatic heterocycles. The fourth-order valence-electron chi connectivity index (χ4n) is 4.11. The zero-order chi connectivity index (χ0) is 19.3. The summed E-state index contributed by atoms with van der Waals surface area (Å²) >= 11 is 0. The summed E-state index contributed by atoms with van der Waals surface area (Å²) in [5.41, 5.74) is 3.33. The van der Waals surface area contributed by atoms with Gasteiger partial charge in [0.25, 0.3) is 0 Å². The van der Waals surface area contributed by atoms with E-state index in [2.05, 4.69) is 60.4 Å². The second-order valence-corrected chi connectivity index (χ2v) is 7.42. The van der Waals surface area contributed by atoms with Gasteiger partial charge in [0.15, 0.2) is 0 Å². The van der Waals surface area contributed by atoms with Gasteiger partial charge in [0, 0.05) is 31.4 Å². The van der Waals surface area contributed by atoms with E-state index in [1.54, 1.807) is 0 Å². The highest BCUT2D eigenvalue weighted by molar-refractivity contribution is 5.87. The molecule has 3 aromatic rings. The SMILES string of the molecule is CC1CN(C(=O)C(c2ccccc2)c2ccccc2)CCN1c1ccccc1. The summed E-state index contributed by atoms with van der Waals surface area (Å²) in [6.45, 7) is 4.54. The van der Waals surface area contributed by atoms with E-state index in [0.717, 1.165) is 30.8 Å². The normalized spacial score (nSPS) is 17.0. The molecule has 1 unspecified atom stereocenters. The minimum atomic E-state index is -0.252. The third-order valence-electron chi connectivity index (χ3n) is 5.54. The number of rotatable bonds is 4. The molecule has 28 heavy (non-hydrogen) atoms. The Balaban J connectivity index is 1.57. The van der Waals surface area contributed by atoms with Crippen molar-refractivity contribution in [3.8, 4) is 0 Å². The Morgan fingerprint density at radius 1 is 0.786 bits per heavy atom. The van der Waals surface area contributed by atoms with Crippen molar-refractivity contribution in [1.82, 2.24) is 4.90 Å². The molecule has 0 bridgehead atoms. The molecule has 1 amide bonds. The predicted molar refractivity (Wildman–Crippen MR) is 115 cm³/mol. The van der Waals surface area contributed by atoms with Crippen LogP contribution in [-0.2, 0) is 4.79 Å². The Morgan fingerprint density at radius 2 is 1.29 bits per heavy atom. The molecule has 142 valence electrons. The van der Waals surface area contributed by atoms with Crippen molar-refractivity contribution >= 4 is 11.6 Å². The highest BCUT2D eigenvalue weighted by Crippen LogP contribution is 2.29. The number of carbonyl (C=O) groups excluding carboxylic acids is 1. The van der Waals surface area contributed by atoms with Crippen molar-refractivity contribution in [2.45, 2.75) is 18.9 Å². The molecule has 1 saturated heterocycles. The first-order valence-electron chi connectivity index (χ1n) is 9.94. The van der Waals surface area contributed by atoms with Crippen molar-refractivity contribution in [3.63, 3.8) is 0 Å². The van der Waals surface area contributed by atoms with E-state index in [-0.39, 0.29) is 17.9 Å². The van der Waals surface area contributed by atoms with Gasteiger partial charge in [-0.25, -0.2) is 0 Å². The number of hydrogen-bond donors (Lipinski definition) is 0. The predicted octanol–water partition coefficient (Wildman–Crippen LogP) is 4.56. The quantitative estimate of drug-likeness (QED) is 0.672. The Hall–Kier alpha value is -3.07. The first-order chi connectivity index (χ1) is 13.7. The van der Waals surface area contributed by atoms with E-state index in [4.69, 9.17) is 0 Å². The molecule has 1 aliphatic rings. The van der Waals surface area contributed by atoms with E-state index in [9.17, 15) is 4.79 Å². The van der Waals surface area contributed by atoms with Gasteiger partial charge in [0.05, 0.1) is 5.92 Å². The highest BCUT2D eigenvalue weighted by atomic mass is 16.2. The average molecular weight is 370 g/mol. The molecule has 1 heterocycles. The third kappa shape index (κ3) is 3.79. The molecule has 0 radical (unpaired) electrons. The average Bonchev–Trinajstić information content (AvgIpc) is 2.76. The van der Waals surface area contributed by atoms with E-state index in [1.165, 1.54) is 5.69 Å². The first kappa shape index (κ1) is 18.3. The van der Waals surface area contributed by atoms with Crippen LogP contribution in [0.25, 0.3) is 0 Å². The minimum absolute atomic E-state index is 0.192. The van der Waals surface area contributed by atoms with Gasteiger partial charge in [0.1, 0.15) is 0 Å². The third-order valence-corrected chi connectivity index (χ3v) is 5.54. The van der Waals surface area contributed by atoms with Crippen molar-refractivity contribution in [2.24, 2.45) is 0 Å². The molecular weight excluding hydrogens is 344 g/mol. The lowest BCUT2D eigenvalue weighted by atomic mass is 9.89. The zero-order valence-electron chi connectivity index (χ0n) is 16.2. The van der Waals surface area contributed by atoms with Crippen LogP contribution in [0.3, 0.4) is 0 Å². The van der Waals surface area contributed by atoms with Crippen LogP contribution in [0, 0.1) is 0 Å². The summed E-state index contributed by atoms with van der Waals surface area (Å²) in [7, 11) is 0. The number of amides is 1. The Kier molecular flexibility index (Phi) is 5.43. The molecule has 4 rings (SSSR count). The van der Waals surface area contributed by atoms with E-state index in [0.29, 0.717) is 0 Å². The maximum absolute atomic E-state index is 13.6. The van der Waals surface area contributed by atoms with Crippen molar-refractivity contribution in [1.29, 1.82) is 0 Å². The number of hydrogen-bond acceptors (Lipinski definition) is 2. The number of benzene rings is 3. The summed E-state index contributed by atoms with van der Waals surface area (Å²) in [4.78, 5) is 18.0. The first-order valence-corrected chi connectivity index (χ1v) is 9.94. The van der Waals surface area contributed by atoms with Crippen LogP contribution in [0.4, 0.5) is 5.69 Å². The Labute approximate surface area is 167 Å². The molecule has 0 aliphatic carbocycles. The van der Waals surface area contributed by atoms with Crippen LogP contribution in [0.1, 0.15) is 24.0 Å². The van der Waals surface area contributed by atoms with E-state index in [1.807, 2.05) is 47.4 Å². The van der Waals surface area contributed by atoms with Crippen LogP contribution < -0.4 is 4.90 Å². The van der Waals surface area contributed by atoms with Crippen LogP contribution in [0.2, 0.25) is 0 Å². The van der Waals surface area contributed by atoms with Gasteiger partial charge >= 0.3 is 0 Å². The lowest BCUT2D eigenvalue weighted by Crippen LogP contribution is -2.54. The number of piperazine rings is 1. The molecular formula is C25H26N2O. The monoisotopic (exact) mass is 370 g/mol. The lowest BCUT2D eigenvalue weighted by molar-refractivity contribution is -0.132. The molecule has 0 spiro atoms. The second-order valence-electron chi connectivity index (χ2n) is 7.42. The summed E-state index contributed by atoms with van der Waals surface area (Å²) in [5.74, 6) is -0.0603. The van der Waals surface area contributed by atoms with Gasteiger partial charge in [-0.3, -0.25) is 4.79 Å². The molecule has 0 saturated carbocycles. The number of para-hydroxylation sites is 1. The fraction of sp³-hybridized carbons (Fsp3) is 0.240. The highest BCUT2D eigenvalue weighted by Gasteiger charge is 2.32. The van der Waals surface area contributed by atoms with Gasteiger partial charge in [-0.05, 0) is 30.2 Å². The van der Waals surface area contributed by atoms with Gasteiger partial charge in [-0.15, -0.1) is 0 Å². The fourth-order valence-corrected chi connectivity index (χ4v) is 4.11. The van der Waals surface area contributed by atoms with E-state index < -0.39 is 0 Å². The standard InChI is InChI=1S/C25H26N2O/c1-20-19-26(17-18-27(20)23-15-9-4-10-16-23)25(28)24(21-11-5-2-6-12-21)22-13-7-3-8-14-22/h2-16,20,24H,17-19H2,1H3. The largest absolute Gasteiger partial charge is 0.365 e. The number of anilines is 1. The zero-order valence-corrected chi connectivity index (χ0v) is 16.2. The number of carbonyl (C=O) groups is 1. The molecule has 1 atom stereocenters. The van der Waals surface area contributed by atoms with Crippen LogP contribution in [-0.4, -0.2) is 36.5 Å². The van der Waals surface area contributed by atoms with Crippen LogP contribution >= 0.6 is 0 Å². The molecule has 3 heteroatoms. The van der Waals surface area contributed by atoms with Crippen molar-refractivity contribution < 1.29 is 4.79 Å². The molecule has 1 fully saturated rings. The maximum atomic E-state index is 13.6. The Bertz CT molecular complexity index is 856. The molecule has 3 nitrogen and oxygen atoms in total. The van der Waals surface area contributed by atoms with Crippen molar-refractivity contribution in [3.05, 3.63) is 102 Å². The van der Waals surface area contributed by atoms with Gasteiger partial charge < -0.3 is 9.80 Å². The second kappa shape index (κ2) is 8.30. The van der Waals surface area contributed by atoms with Gasteiger partial charge in [-0.2, -0.15) is 0 Å². The summed E-state index contributed by atoms with van der Waals surface area (Å²) < 4.78 is 0. The number of nitrogens with zero attached hydrogens (tertiary/aromatic N) is 2. The maximum Gasteiger partial charge on any atom is 0.234 e. The summed E-state index contributed by atoms with van der Waals surface area (Å²) in [5, 5.41) is 0. The lowest BCUT2D eigenvalue weighted by Gasteiger charge is -2.42. The Morgan fingerprint density at radius 3 is 1.79 bits per heavy atom. The summed E-state index contributed by atoms with van der Waals surface area (Å²) in [6, 6.07) is 31.0. The summed E-state index contributed by atoms with van der Waals surface area (Å²) in [6.07, 6.45) is 0. The molecule has 0 N–H and O–H groups in total.